The van der Waals surface area contributed by atoms with Crippen LogP contribution in [0.3, 0.4) is 0 Å². The second kappa shape index (κ2) is 5.85. The van der Waals surface area contributed by atoms with Gasteiger partial charge in [0.25, 0.3) is 0 Å². The van der Waals surface area contributed by atoms with Crippen LogP contribution in [0.5, 0.6) is 0 Å². The number of carboxylic acids is 1. The first kappa shape index (κ1) is 16.1. The molecule has 118 valence electrons. The standard InChI is InChI=1S/C13H16N4O4S/c1-9-11(22(20,21)16(3)10(2)13(18)19)8-15-17(9)12-6-4-5-7-14-12/h4-8,10H,1-3H3,(H,18,19). The zero-order valence-corrected chi connectivity index (χ0v) is 13.1. The summed E-state index contributed by atoms with van der Waals surface area (Å²) in [6, 6.07) is 4.01. The van der Waals surface area contributed by atoms with Crippen molar-refractivity contribution < 1.29 is 18.3 Å². The monoisotopic (exact) mass is 324 g/mol. The van der Waals surface area contributed by atoms with Crippen LogP contribution >= 0.6 is 0 Å². The van der Waals surface area contributed by atoms with E-state index in [4.69, 9.17) is 5.11 Å². The average Bonchev–Trinajstić information content (AvgIpc) is 2.88. The third-order valence-corrected chi connectivity index (χ3v) is 5.42. The minimum Gasteiger partial charge on any atom is -0.480 e. The fraction of sp³-hybridized carbons (Fsp3) is 0.308. The SMILES string of the molecule is Cc1c(S(=O)(=O)N(C)C(C)C(=O)O)cnn1-c1ccccn1. The van der Waals surface area contributed by atoms with Crippen LogP contribution in [0.4, 0.5) is 0 Å². The van der Waals surface area contributed by atoms with Crippen molar-refractivity contribution in [2.45, 2.75) is 24.8 Å². The van der Waals surface area contributed by atoms with Gasteiger partial charge in [-0.3, -0.25) is 4.79 Å². The van der Waals surface area contributed by atoms with E-state index >= 15 is 0 Å². The summed E-state index contributed by atoms with van der Waals surface area (Å²) in [4.78, 5) is 15.1. The summed E-state index contributed by atoms with van der Waals surface area (Å²) >= 11 is 0. The maximum Gasteiger partial charge on any atom is 0.321 e. The summed E-state index contributed by atoms with van der Waals surface area (Å²) in [5.74, 6) is -0.740. The third-order valence-electron chi connectivity index (χ3n) is 3.39. The molecule has 2 aromatic heterocycles. The topological polar surface area (TPSA) is 105 Å². The number of hydrogen-bond acceptors (Lipinski definition) is 5. The number of rotatable bonds is 5. The van der Waals surface area contributed by atoms with E-state index in [1.54, 1.807) is 31.3 Å². The minimum absolute atomic E-state index is 0.0475. The Kier molecular flexibility index (Phi) is 4.29. The maximum atomic E-state index is 12.5. The van der Waals surface area contributed by atoms with Crippen LogP contribution in [0.25, 0.3) is 5.82 Å². The lowest BCUT2D eigenvalue weighted by Gasteiger charge is -2.20. The number of carbonyl (C=O) groups is 1. The van der Waals surface area contributed by atoms with Crippen molar-refractivity contribution in [3.63, 3.8) is 0 Å². The average molecular weight is 324 g/mol. The Bertz CT molecular complexity index is 786. The first-order chi connectivity index (χ1) is 10.3. The molecule has 2 aromatic rings. The quantitative estimate of drug-likeness (QED) is 0.866. The number of sulfonamides is 1. The van der Waals surface area contributed by atoms with Crippen LogP contribution in [0.15, 0.2) is 35.5 Å². The molecule has 0 aliphatic heterocycles. The summed E-state index contributed by atoms with van der Waals surface area (Å²) in [6.07, 6.45) is 2.77. The molecule has 0 saturated heterocycles. The van der Waals surface area contributed by atoms with Crippen LogP contribution in [0, 0.1) is 6.92 Å². The van der Waals surface area contributed by atoms with Gasteiger partial charge in [-0.1, -0.05) is 6.07 Å². The van der Waals surface area contributed by atoms with E-state index in [1.807, 2.05) is 0 Å². The Morgan fingerprint density at radius 1 is 1.41 bits per heavy atom. The van der Waals surface area contributed by atoms with Gasteiger partial charge < -0.3 is 5.11 Å². The highest BCUT2D eigenvalue weighted by molar-refractivity contribution is 7.89. The van der Waals surface area contributed by atoms with Gasteiger partial charge in [0.05, 0.1) is 11.9 Å². The molecule has 0 aliphatic rings. The first-order valence-electron chi connectivity index (χ1n) is 6.43. The summed E-state index contributed by atoms with van der Waals surface area (Å²) in [7, 11) is -2.73. The number of aromatic nitrogens is 3. The molecule has 0 bridgehead atoms. The molecular formula is C13H16N4O4S. The van der Waals surface area contributed by atoms with E-state index in [9.17, 15) is 13.2 Å². The number of hydrogen-bond donors (Lipinski definition) is 1. The smallest absolute Gasteiger partial charge is 0.321 e. The highest BCUT2D eigenvalue weighted by Crippen LogP contribution is 2.21. The van der Waals surface area contributed by atoms with Gasteiger partial charge in [0.2, 0.25) is 10.0 Å². The molecule has 1 atom stereocenters. The Balaban J connectivity index is 2.46. The molecule has 8 nitrogen and oxygen atoms in total. The Morgan fingerprint density at radius 3 is 2.64 bits per heavy atom. The van der Waals surface area contributed by atoms with Gasteiger partial charge >= 0.3 is 5.97 Å². The molecule has 2 heterocycles. The molecule has 9 heteroatoms. The largest absolute Gasteiger partial charge is 0.480 e. The Morgan fingerprint density at radius 2 is 2.09 bits per heavy atom. The van der Waals surface area contributed by atoms with Crippen molar-refractivity contribution in [3.8, 4) is 5.82 Å². The molecule has 0 aliphatic carbocycles. The Labute approximate surface area is 128 Å². The second-order valence-corrected chi connectivity index (χ2v) is 6.70. The van der Waals surface area contributed by atoms with E-state index in [-0.39, 0.29) is 4.90 Å². The van der Waals surface area contributed by atoms with Gasteiger partial charge in [0.1, 0.15) is 10.9 Å². The van der Waals surface area contributed by atoms with E-state index < -0.39 is 22.0 Å². The van der Waals surface area contributed by atoms with Crippen LogP contribution in [-0.4, -0.2) is 51.7 Å². The lowest BCUT2D eigenvalue weighted by molar-refractivity contribution is -0.140. The molecule has 0 spiro atoms. The second-order valence-electron chi connectivity index (χ2n) is 4.73. The van der Waals surface area contributed by atoms with Gasteiger partial charge in [-0.05, 0) is 26.0 Å². The number of pyridine rings is 1. The Hall–Kier alpha value is -2.26. The fourth-order valence-corrected chi connectivity index (χ4v) is 3.33. The number of aliphatic carboxylic acids is 1. The van der Waals surface area contributed by atoms with Crippen molar-refractivity contribution in [1.29, 1.82) is 0 Å². The predicted molar refractivity (Wildman–Crippen MR) is 78.1 cm³/mol. The fourth-order valence-electron chi connectivity index (χ4n) is 1.88. The van der Waals surface area contributed by atoms with Gasteiger partial charge in [0, 0.05) is 13.2 Å². The van der Waals surface area contributed by atoms with Gasteiger partial charge in [-0.15, -0.1) is 0 Å². The van der Waals surface area contributed by atoms with E-state index in [1.165, 1.54) is 24.9 Å². The highest BCUT2D eigenvalue weighted by atomic mass is 32.2. The minimum atomic E-state index is -3.96. The lowest BCUT2D eigenvalue weighted by atomic mass is 10.4. The molecule has 1 unspecified atom stereocenters. The molecule has 0 radical (unpaired) electrons. The number of nitrogens with zero attached hydrogens (tertiary/aromatic N) is 4. The van der Waals surface area contributed by atoms with Gasteiger partial charge in [-0.2, -0.15) is 9.40 Å². The zero-order chi connectivity index (χ0) is 16.5. The zero-order valence-electron chi connectivity index (χ0n) is 12.3. The molecule has 0 fully saturated rings. The van der Waals surface area contributed by atoms with Gasteiger partial charge in [-0.25, -0.2) is 18.1 Å². The number of likely N-dealkylation sites (N-methyl/N-ethyl adjacent to an activating group) is 1. The van der Waals surface area contributed by atoms with Crippen LogP contribution < -0.4 is 0 Å². The normalized spacial score (nSPS) is 13.3. The van der Waals surface area contributed by atoms with E-state index in [0.717, 1.165) is 4.31 Å². The summed E-state index contributed by atoms with van der Waals surface area (Å²) in [5.41, 5.74) is 0.364. The highest BCUT2D eigenvalue weighted by Gasteiger charge is 2.32. The van der Waals surface area contributed by atoms with Crippen molar-refractivity contribution in [1.82, 2.24) is 19.1 Å². The van der Waals surface area contributed by atoms with Gasteiger partial charge in [0.15, 0.2) is 5.82 Å². The number of carboxylic acid groups (broad SMARTS) is 1. The summed E-state index contributed by atoms with van der Waals surface area (Å²) < 4.78 is 27.3. The van der Waals surface area contributed by atoms with Crippen LogP contribution in [0.2, 0.25) is 0 Å². The molecule has 0 aromatic carbocycles. The lowest BCUT2D eigenvalue weighted by Crippen LogP contribution is -2.40. The molecule has 0 saturated carbocycles. The van der Waals surface area contributed by atoms with Crippen molar-refractivity contribution in [2.75, 3.05) is 7.05 Å². The van der Waals surface area contributed by atoms with Crippen LogP contribution in [0.1, 0.15) is 12.6 Å². The molecular weight excluding hydrogens is 308 g/mol. The first-order valence-corrected chi connectivity index (χ1v) is 7.87. The van der Waals surface area contributed by atoms with E-state index in [2.05, 4.69) is 10.1 Å². The molecule has 0 amide bonds. The maximum absolute atomic E-state index is 12.5. The van der Waals surface area contributed by atoms with Crippen molar-refractivity contribution in [3.05, 3.63) is 36.3 Å². The molecule has 2 rings (SSSR count). The van der Waals surface area contributed by atoms with Crippen molar-refractivity contribution in [2.24, 2.45) is 0 Å². The summed E-state index contributed by atoms with van der Waals surface area (Å²) in [5, 5.41) is 13.0. The van der Waals surface area contributed by atoms with E-state index in [0.29, 0.717) is 11.5 Å². The summed E-state index contributed by atoms with van der Waals surface area (Å²) in [6.45, 7) is 2.90. The van der Waals surface area contributed by atoms with Crippen LogP contribution in [-0.2, 0) is 14.8 Å². The molecule has 1 N–H and O–H groups in total. The molecule has 22 heavy (non-hydrogen) atoms. The third kappa shape index (κ3) is 2.72. The predicted octanol–water partition coefficient (Wildman–Crippen LogP) is 0.669. The van der Waals surface area contributed by atoms with Crippen molar-refractivity contribution >= 4 is 16.0 Å².